The van der Waals surface area contributed by atoms with Gasteiger partial charge in [0.15, 0.2) is 0 Å². The second-order valence-corrected chi connectivity index (χ2v) is 4.86. The maximum Gasteiger partial charge on any atom is 0.277 e. The van der Waals surface area contributed by atoms with Crippen LogP contribution in [0.15, 0.2) is 0 Å². The van der Waals surface area contributed by atoms with E-state index in [0.29, 0.717) is 6.54 Å². The number of halogens is 2. The fraction of sp³-hybridized carbons (Fsp3) is 0.917. The summed E-state index contributed by atoms with van der Waals surface area (Å²) in [5.41, 5.74) is 4.90. The average Bonchev–Trinajstić information content (AvgIpc) is 2.43. The average molecular weight is 278 g/mol. The van der Waals surface area contributed by atoms with Crippen LogP contribution in [0.4, 0.5) is 8.78 Å². The highest BCUT2D eigenvalue weighted by atomic mass is 19.3. The van der Waals surface area contributed by atoms with Crippen LogP contribution in [0.3, 0.4) is 0 Å². The number of nitrogens with two attached hydrogens (primary N) is 1. The first-order valence-corrected chi connectivity index (χ1v) is 6.76. The van der Waals surface area contributed by atoms with E-state index in [9.17, 15) is 13.6 Å². The van der Waals surface area contributed by atoms with Gasteiger partial charge < -0.3 is 20.9 Å². The third kappa shape index (κ3) is 6.26. The first kappa shape index (κ1) is 16.3. The molecule has 0 bridgehead atoms. The molecule has 1 fully saturated rings. The second-order valence-electron chi connectivity index (χ2n) is 4.86. The largest absolute Gasteiger partial charge is 0.350 e. The smallest absolute Gasteiger partial charge is 0.277 e. The quantitative estimate of drug-likeness (QED) is 0.673. The number of carbonyl (C=O) groups excluding carboxylic acids is 1. The van der Waals surface area contributed by atoms with Gasteiger partial charge in [-0.05, 0) is 6.54 Å². The zero-order valence-corrected chi connectivity index (χ0v) is 11.5. The lowest BCUT2D eigenvalue weighted by Crippen LogP contribution is -2.47. The van der Waals surface area contributed by atoms with Crippen LogP contribution in [0.1, 0.15) is 13.3 Å². The van der Waals surface area contributed by atoms with Crippen LogP contribution >= 0.6 is 0 Å². The molecule has 0 spiro atoms. The molecule has 0 aliphatic carbocycles. The summed E-state index contributed by atoms with van der Waals surface area (Å²) in [7, 11) is 0. The molecule has 3 N–H and O–H groups in total. The topological polar surface area (TPSA) is 61.6 Å². The Morgan fingerprint density at radius 2 is 1.84 bits per heavy atom. The monoisotopic (exact) mass is 278 g/mol. The van der Waals surface area contributed by atoms with E-state index in [1.165, 1.54) is 0 Å². The van der Waals surface area contributed by atoms with E-state index in [0.717, 1.165) is 32.7 Å². The Morgan fingerprint density at radius 1 is 1.26 bits per heavy atom. The molecule has 0 radical (unpaired) electrons. The molecule has 7 heteroatoms. The van der Waals surface area contributed by atoms with Crippen LogP contribution in [0.5, 0.6) is 0 Å². The summed E-state index contributed by atoms with van der Waals surface area (Å²) >= 11 is 0. The van der Waals surface area contributed by atoms with Gasteiger partial charge in [-0.25, -0.2) is 8.78 Å². The molecule has 1 aliphatic heterocycles. The summed E-state index contributed by atoms with van der Waals surface area (Å²) in [4.78, 5) is 16.0. The van der Waals surface area contributed by atoms with E-state index in [4.69, 9.17) is 5.73 Å². The Kier molecular flexibility index (Phi) is 6.60. The van der Waals surface area contributed by atoms with Crippen LogP contribution in [-0.4, -0.2) is 74.0 Å². The van der Waals surface area contributed by atoms with Gasteiger partial charge in [-0.3, -0.25) is 4.79 Å². The zero-order chi connectivity index (χ0) is 14.3. The lowest BCUT2D eigenvalue weighted by Gasteiger charge is -2.33. The van der Waals surface area contributed by atoms with Crippen molar-refractivity contribution in [2.75, 3.05) is 52.4 Å². The van der Waals surface area contributed by atoms with Crippen molar-refractivity contribution in [2.24, 2.45) is 5.73 Å². The van der Waals surface area contributed by atoms with Gasteiger partial charge in [-0.2, -0.15) is 0 Å². The van der Waals surface area contributed by atoms with Crippen molar-refractivity contribution < 1.29 is 13.6 Å². The summed E-state index contributed by atoms with van der Waals surface area (Å²) in [6.07, 6.45) is 0.257. The van der Waals surface area contributed by atoms with Gasteiger partial charge in [0, 0.05) is 39.1 Å². The molecule has 1 saturated heterocycles. The van der Waals surface area contributed by atoms with Crippen molar-refractivity contribution in [3.63, 3.8) is 0 Å². The van der Waals surface area contributed by atoms with Crippen molar-refractivity contribution in [1.82, 2.24) is 15.1 Å². The number of nitrogens with zero attached hydrogens (tertiary/aromatic N) is 2. The summed E-state index contributed by atoms with van der Waals surface area (Å²) in [5.74, 6) is -3.35. The molecule has 112 valence electrons. The molecular formula is C12H24F2N4O. The maximum absolute atomic E-state index is 12.8. The summed E-state index contributed by atoms with van der Waals surface area (Å²) < 4.78 is 25.7. The minimum Gasteiger partial charge on any atom is -0.350 e. The number of alkyl halides is 2. The second kappa shape index (κ2) is 7.72. The first-order valence-electron chi connectivity index (χ1n) is 6.76. The van der Waals surface area contributed by atoms with Gasteiger partial charge in [0.1, 0.15) is 0 Å². The normalized spacial score (nSPS) is 18.5. The van der Waals surface area contributed by atoms with E-state index in [1.54, 1.807) is 0 Å². The minimum absolute atomic E-state index is 0.257. The maximum atomic E-state index is 12.8. The molecule has 0 aromatic carbocycles. The molecule has 5 nitrogen and oxygen atoms in total. The highest BCUT2D eigenvalue weighted by Crippen LogP contribution is 2.08. The third-order valence-electron chi connectivity index (χ3n) is 3.41. The predicted molar refractivity (Wildman–Crippen MR) is 70.2 cm³/mol. The molecule has 1 aliphatic rings. The predicted octanol–water partition coefficient (Wildman–Crippen LogP) is -0.276. The van der Waals surface area contributed by atoms with Crippen molar-refractivity contribution in [3.8, 4) is 0 Å². The lowest BCUT2D eigenvalue weighted by molar-refractivity contribution is -0.123. The molecular weight excluding hydrogens is 254 g/mol. The number of carbonyl (C=O) groups is 1. The Labute approximate surface area is 113 Å². The molecule has 0 unspecified atom stereocenters. The van der Waals surface area contributed by atoms with Gasteiger partial charge in [-0.1, -0.05) is 6.92 Å². The molecule has 0 atom stereocenters. The van der Waals surface area contributed by atoms with E-state index in [-0.39, 0.29) is 12.3 Å². The van der Waals surface area contributed by atoms with E-state index in [2.05, 4.69) is 22.0 Å². The SMILES string of the molecule is CCN1CCN(CCC(=O)NCC(F)(F)CN)CC1. The van der Waals surface area contributed by atoms with Crippen LogP contribution in [0, 0.1) is 0 Å². The number of rotatable bonds is 7. The molecule has 19 heavy (non-hydrogen) atoms. The Hall–Kier alpha value is -0.790. The standard InChI is InChI=1S/C12H24F2N4O/c1-2-17-5-7-18(8-6-17)4-3-11(19)16-10-12(13,14)9-15/h2-10,15H2,1H3,(H,16,19). The number of likely N-dealkylation sites (N-methyl/N-ethyl adjacent to an activating group) is 1. The van der Waals surface area contributed by atoms with Crippen molar-refractivity contribution in [3.05, 3.63) is 0 Å². The van der Waals surface area contributed by atoms with Crippen LogP contribution < -0.4 is 11.1 Å². The van der Waals surface area contributed by atoms with Gasteiger partial charge in [0.2, 0.25) is 5.91 Å². The third-order valence-corrected chi connectivity index (χ3v) is 3.41. The van der Waals surface area contributed by atoms with Gasteiger partial charge in [-0.15, -0.1) is 0 Å². The molecule has 1 heterocycles. The van der Waals surface area contributed by atoms with Crippen LogP contribution in [-0.2, 0) is 4.79 Å². The lowest BCUT2D eigenvalue weighted by atomic mass is 10.2. The first-order chi connectivity index (χ1) is 8.96. The van der Waals surface area contributed by atoms with Crippen molar-refractivity contribution in [1.29, 1.82) is 0 Å². The van der Waals surface area contributed by atoms with E-state index < -0.39 is 19.0 Å². The van der Waals surface area contributed by atoms with Crippen LogP contribution in [0.2, 0.25) is 0 Å². The highest BCUT2D eigenvalue weighted by Gasteiger charge is 2.27. The molecule has 0 aromatic heterocycles. The number of nitrogens with one attached hydrogen (secondary N) is 1. The number of amides is 1. The summed E-state index contributed by atoms with van der Waals surface area (Å²) in [6, 6.07) is 0. The van der Waals surface area contributed by atoms with Crippen LogP contribution in [0.25, 0.3) is 0 Å². The molecule has 0 saturated carbocycles. The highest BCUT2D eigenvalue weighted by molar-refractivity contribution is 5.76. The zero-order valence-electron chi connectivity index (χ0n) is 11.5. The fourth-order valence-electron chi connectivity index (χ4n) is 1.98. The van der Waals surface area contributed by atoms with Gasteiger partial charge in [0.05, 0.1) is 13.1 Å². The Morgan fingerprint density at radius 3 is 2.37 bits per heavy atom. The molecule has 1 amide bonds. The van der Waals surface area contributed by atoms with Gasteiger partial charge in [0.25, 0.3) is 5.92 Å². The summed E-state index contributed by atoms with van der Waals surface area (Å²) in [6.45, 7) is 6.24. The number of piperazine rings is 1. The van der Waals surface area contributed by atoms with E-state index >= 15 is 0 Å². The Balaban J connectivity index is 2.14. The van der Waals surface area contributed by atoms with Gasteiger partial charge >= 0.3 is 0 Å². The fourth-order valence-corrected chi connectivity index (χ4v) is 1.98. The van der Waals surface area contributed by atoms with E-state index in [1.807, 2.05) is 0 Å². The number of hydrogen-bond donors (Lipinski definition) is 2. The number of hydrogen-bond acceptors (Lipinski definition) is 4. The minimum atomic E-state index is -3.01. The summed E-state index contributed by atoms with van der Waals surface area (Å²) in [5, 5.41) is 2.23. The Bertz CT molecular complexity index is 281. The molecule has 0 aromatic rings. The molecule has 1 rings (SSSR count). The van der Waals surface area contributed by atoms with Crippen molar-refractivity contribution >= 4 is 5.91 Å². The van der Waals surface area contributed by atoms with Crippen molar-refractivity contribution in [2.45, 2.75) is 19.3 Å².